The fourth-order valence-corrected chi connectivity index (χ4v) is 2.07. The molecule has 0 aliphatic rings. The lowest BCUT2D eigenvalue weighted by molar-refractivity contribution is -0.117. The average molecular weight is 305 g/mol. The van der Waals surface area contributed by atoms with Crippen molar-refractivity contribution in [3.05, 3.63) is 35.9 Å². The number of ether oxygens (including phenoxy) is 1. The first-order chi connectivity index (χ1) is 10.2. The van der Waals surface area contributed by atoms with Gasteiger partial charge in [-0.1, -0.05) is 30.3 Å². The van der Waals surface area contributed by atoms with E-state index in [1.807, 2.05) is 58.0 Å². The Morgan fingerprint density at radius 2 is 1.77 bits per heavy atom. The highest BCUT2D eigenvalue weighted by Gasteiger charge is 2.26. The normalized spacial score (nSPS) is 12.6. The highest BCUT2D eigenvalue weighted by molar-refractivity contribution is 5.75. The minimum atomic E-state index is -0.535. The van der Waals surface area contributed by atoms with Crippen LogP contribution in [0.1, 0.15) is 53.0 Å². The third-order valence-electron chi connectivity index (χ3n) is 3.27. The molecule has 4 nitrogen and oxygen atoms in total. The van der Waals surface area contributed by atoms with E-state index in [4.69, 9.17) is 4.74 Å². The van der Waals surface area contributed by atoms with E-state index >= 15 is 0 Å². The van der Waals surface area contributed by atoms with Gasteiger partial charge in [-0.05, 0) is 46.6 Å². The second-order valence-corrected chi connectivity index (χ2v) is 6.68. The number of nitrogens with zero attached hydrogens (tertiary/aromatic N) is 1. The van der Waals surface area contributed by atoms with Crippen LogP contribution in [0.15, 0.2) is 30.3 Å². The van der Waals surface area contributed by atoms with Crippen molar-refractivity contribution < 1.29 is 14.3 Å². The Morgan fingerprint density at radius 1 is 1.18 bits per heavy atom. The molecule has 22 heavy (non-hydrogen) atoms. The van der Waals surface area contributed by atoms with E-state index in [-0.39, 0.29) is 17.9 Å². The fraction of sp³-hybridized carbons (Fsp3) is 0.556. The first kappa shape index (κ1) is 18.2. The van der Waals surface area contributed by atoms with E-state index in [1.165, 1.54) is 0 Å². The number of hydrogen-bond acceptors (Lipinski definition) is 3. The summed E-state index contributed by atoms with van der Waals surface area (Å²) in [5.74, 6) is 0.135. The van der Waals surface area contributed by atoms with Crippen molar-refractivity contribution in [2.75, 3.05) is 0 Å². The summed E-state index contributed by atoms with van der Waals surface area (Å²) in [5, 5.41) is 0. The Morgan fingerprint density at radius 3 is 2.27 bits per heavy atom. The van der Waals surface area contributed by atoms with Gasteiger partial charge in [-0.25, -0.2) is 4.79 Å². The number of carbonyl (C=O) groups excluding carboxylic acids is 2. The molecule has 1 aromatic carbocycles. The third-order valence-corrected chi connectivity index (χ3v) is 3.27. The monoisotopic (exact) mass is 305 g/mol. The maximum absolute atomic E-state index is 12.5. The first-order valence-electron chi connectivity index (χ1n) is 7.72. The molecule has 0 saturated heterocycles. The van der Waals surface area contributed by atoms with E-state index in [0.717, 1.165) is 5.56 Å². The minimum absolute atomic E-state index is 0.0565. The van der Waals surface area contributed by atoms with E-state index in [0.29, 0.717) is 19.4 Å². The molecule has 1 aromatic rings. The van der Waals surface area contributed by atoms with Gasteiger partial charge in [0.15, 0.2) is 0 Å². The van der Waals surface area contributed by atoms with Gasteiger partial charge in [0.25, 0.3) is 0 Å². The van der Waals surface area contributed by atoms with Gasteiger partial charge in [0.2, 0.25) is 0 Å². The second kappa shape index (κ2) is 7.97. The van der Waals surface area contributed by atoms with Crippen molar-refractivity contribution >= 4 is 11.9 Å². The maximum atomic E-state index is 12.5. The van der Waals surface area contributed by atoms with Crippen molar-refractivity contribution in [3.8, 4) is 0 Å². The number of ketones is 1. The molecule has 0 fully saturated rings. The van der Waals surface area contributed by atoms with Crippen LogP contribution >= 0.6 is 0 Å². The predicted molar refractivity (Wildman–Crippen MR) is 87.6 cm³/mol. The van der Waals surface area contributed by atoms with Crippen molar-refractivity contribution in [1.29, 1.82) is 0 Å². The molecule has 0 aliphatic carbocycles. The van der Waals surface area contributed by atoms with Gasteiger partial charge in [0, 0.05) is 19.0 Å². The zero-order chi connectivity index (χ0) is 16.8. The lowest BCUT2D eigenvalue weighted by atomic mass is 10.1. The Balaban J connectivity index is 2.84. The molecule has 0 N–H and O–H groups in total. The van der Waals surface area contributed by atoms with Crippen molar-refractivity contribution in [2.45, 2.75) is 65.6 Å². The summed E-state index contributed by atoms with van der Waals surface area (Å²) in [6.45, 7) is 9.57. The SMILES string of the molecule is CC(=O)CC[C@H](C)N(Cc1ccccc1)C(=O)OC(C)(C)C. The summed E-state index contributed by atoms with van der Waals surface area (Å²) < 4.78 is 5.50. The molecular weight excluding hydrogens is 278 g/mol. The number of benzene rings is 1. The Labute approximate surface area is 133 Å². The first-order valence-corrected chi connectivity index (χ1v) is 7.72. The molecule has 0 saturated carbocycles. The van der Waals surface area contributed by atoms with E-state index in [2.05, 4.69) is 0 Å². The summed E-state index contributed by atoms with van der Waals surface area (Å²) in [4.78, 5) is 25.4. The van der Waals surface area contributed by atoms with Gasteiger partial charge >= 0.3 is 6.09 Å². The molecule has 0 radical (unpaired) electrons. The standard InChI is InChI=1S/C18H27NO3/c1-14(11-12-15(2)20)19(17(21)22-18(3,4)5)13-16-9-7-6-8-10-16/h6-10,14H,11-13H2,1-5H3/t14-/m0/s1. The predicted octanol–water partition coefficient (Wildman–Crippen LogP) is 4.18. The molecule has 0 aliphatic heterocycles. The molecular formula is C18H27NO3. The quantitative estimate of drug-likeness (QED) is 0.792. The molecule has 0 heterocycles. The smallest absolute Gasteiger partial charge is 0.410 e. The van der Waals surface area contributed by atoms with E-state index in [9.17, 15) is 9.59 Å². The van der Waals surface area contributed by atoms with Crippen LogP contribution in [0.25, 0.3) is 0 Å². The largest absolute Gasteiger partial charge is 0.444 e. The minimum Gasteiger partial charge on any atom is -0.444 e. The van der Waals surface area contributed by atoms with Crippen LogP contribution in [0.5, 0.6) is 0 Å². The summed E-state index contributed by atoms with van der Waals surface area (Å²) in [7, 11) is 0. The number of rotatable bonds is 6. The van der Waals surface area contributed by atoms with Gasteiger partial charge in [0.1, 0.15) is 11.4 Å². The lowest BCUT2D eigenvalue weighted by Crippen LogP contribution is -2.41. The van der Waals surface area contributed by atoms with Gasteiger partial charge in [-0.2, -0.15) is 0 Å². The molecule has 0 aromatic heterocycles. The molecule has 1 atom stereocenters. The van der Waals surface area contributed by atoms with Crippen molar-refractivity contribution in [3.63, 3.8) is 0 Å². The molecule has 0 bridgehead atoms. The Kier molecular flexibility index (Phi) is 6.60. The summed E-state index contributed by atoms with van der Waals surface area (Å²) in [6.07, 6.45) is 0.767. The number of Topliss-reactive ketones (excluding diaryl/α,β-unsaturated/α-hetero) is 1. The number of amides is 1. The summed E-state index contributed by atoms with van der Waals surface area (Å²) >= 11 is 0. The molecule has 0 spiro atoms. The van der Waals surface area contributed by atoms with Gasteiger partial charge in [-0.15, -0.1) is 0 Å². The fourth-order valence-electron chi connectivity index (χ4n) is 2.07. The molecule has 0 unspecified atom stereocenters. The van der Waals surface area contributed by atoms with Crippen molar-refractivity contribution in [2.24, 2.45) is 0 Å². The zero-order valence-corrected chi connectivity index (χ0v) is 14.3. The second-order valence-electron chi connectivity index (χ2n) is 6.68. The van der Waals surface area contributed by atoms with Crippen molar-refractivity contribution in [1.82, 2.24) is 4.90 Å². The summed E-state index contributed by atoms with van der Waals surface area (Å²) in [5.41, 5.74) is 0.509. The average Bonchev–Trinajstić information content (AvgIpc) is 2.41. The highest BCUT2D eigenvalue weighted by atomic mass is 16.6. The highest BCUT2D eigenvalue weighted by Crippen LogP contribution is 2.17. The van der Waals surface area contributed by atoms with Crippen LogP contribution < -0.4 is 0 Å². The van der Waals surface area contributed by atoms with Crippen LogP contribution in [0.3, 0.4) is 0 Å². The van der Waals surface area contributed by atoms with Gasteiger partial charge in [-0.3, -0.25) is 0 Å². The van der Waals surface area contributed by atoms with Gasteiger partial charge in [0.05, 0.1) is 0 Å². The Bertz CT molecular complexity index is 491. The van der Waals surface area contributed by atoms with E-state index < -0.39 is 5.60 Å². The number of hydrogen-bond donors (Lipinski definition) is 0. The topological polar surface area (TPSA) is 46.6 Å². The molecule has 1 amide bonds. The van der Waals surface area contributed by atoms with Gasteiger partial charge < -0.3 is 14.4 Å². The van der Waals surface area contributed by atoms with Crippen LogP contribution in [-0.4, -0.2) is 28.4 Å². The Hall–Kier alpha value is -1.84. The molecule has 122 valence electrons. The third kappa shape index (κ3) is 6.74. The molecule has 1 rings (SSSR count). The van der Waals surface area contributed by atoms with Crippen LogP contribution in [-0.2, 0) is 16.1 Å². The van der Waals surface area contributed by atoms with Crippen LogP contribution in [0, 0.1) is 0 Å². The van der Waals surface area contributed by atoms with E-state index in [1.54, 1.807) is 11.8 Å². The van der Waals surface area contributed by atoms with Crippen LogP contribution in [0.2, 0.25) is 0 Å². The number of carbonyl (C=O) groups is 2. The maximum Gasteiger partial charge on any atom is 0.410 e. The molecule has 4 heteroatoms. The van der Waals surface area contributed by atoms with Crippen LogP contribution in [0.4, 0.5) is 4.79 Å². The zero-order valence-electron chi connectivity index (χ0n) is 14.3. The summed E-state index contributed by atoms with van der Waals surface area (Å²) in [6, 6.07) is 9.75. The lowest BCUT2D eigenvalue weighted by Gasteiger charge is -2.32.